The highest BCUT2D eigenvalue weighted by Gasteiger charge is 2.30. The lowest BCUT2D eigenvalue weighted by Gasteiger charge is -2.35. The summed E-state index contributed by atoms with van der Waals surface area (Å²) in [7, 11) is 0. The van der Waals surface area contributed by atoms with Crippen molar-refractivity contribution in [3.8, 4) is 0 Å². The molecule has 0 aliphatic carbocycles. The van der Waals surface area contributed by atoms with Crippen LogP contribution < -0.4 is 10.3 Å². The zero-order valence-electron chi connectivity index (χ0n) is 23.2. The van der Waals surface area contributed by atoms with E-state index < -0.39 is 5.60 Å². The van der Waals surface area contributed by atoms with E-state index in [2.05, 4.69) is 53.9 Å². The van der Waals surface area contributed by atoms with Gasteiger partial charge in [0, 0.05) is 25.2 Å². The number of carbonyl (C=O) groups is 2. The Balaban J connectivity index is 0.000000468. The van der Waals surface area contributed by atoms with Crippen LogP contribution in [0.25, 0.3) is 5.57 Å². The second-order valence-electron chi connectivity index (χ2n) is 10.5. The number of nitrogens with zero attached hydrogens (tertiary/aromatic N) is 3. The smallest absolute Gasteiger partial charge is 0.410 e. The number of nitrogens with one attached hydrogen (secondary N) is 1. The predicted octanol–water partition coefficient (Wildman–Crippen LogP) is 6.06. The minimum atomic E-state index is -0.497. The highest BCUT2D eigenvalue weighted by Crippen LogP contribution is 2.31. The van der Waals surface area contributed by atoms with E-state index in [1.165, 1.54) is 11.1 Å². The third-order valence-corrected chi connectivity index (χ3v) is 6.30. The third kappa shape index (κ3) is 7.44. The quantitative estimate of drug-likeness (QED) is 0.551. The maximum absolute atomic E-state index is 12.3. The van der Waals surface area contributed by atoms with Crippen LogP contribution in [0.15, 0.2) is 59.7 Å². The molecule has 2 amide bonds. The van der Waals surface area contributed by atoms with E-state index in [0.717, 1.165) is 35.5 Å². The first-order valence-electron chi connectivity index (χ1n) is 13.0. The largest absolute Gasteiger partial charge is 0.444 e. The number of carbonyl (C=O) groups excluding carboxylic acids is 2. The first-order chi connectivity index (χ1) is 17.5. The van der Waals surface area contributed by atoms with E-state index in [-0.39, 0.29) is 18.0 Å². The van der Waals surface area contributed by atoms with Crippen molar-refractivity contribution >= 4 is 29.1 Å². The fourth-order valence-corrected chi connectivity index (χ4v) is 4.23. The molecule has 2 heterocycles. The van der Waals surface area contributed by atoms with Gasteiger partial charge in [0.1, 0.15) is 17.5 Å². The lowest BCUT2D eigenvalue weighted by molar-refractivity contribution is -0.122. The Labute approximate surface area is 221 Å². The molecule has 1 N–H and O–H groups in total. The lowest BCUT2D eigenvalue weighted by atomic mass is 9.96. The molecule has 0 saturated carbocycles. The number of hydrogen-bond donors (Lipinski definition) is 1. The molecule has 2 aromatic carbocycles. The molecule has 7 nitrogen and oxygen atoms in total. The Kier molecular flexibility index (Phi) is 9.14. The van der Waals surface area contributed by atoms with E-state index >= 15 is 0 Å². The maximum atomic E-state index is 12.3. The molecule has 2 aliphatic rings. The highest BCUT2D eigenvalue weighted by molar-refractivity contribution is 6.06. The third-order valence-electron chi connectivity index (χ3n) is 6.30. The Morgan fingerprint density at radius 1 is 1.14 bits per heavy atom. The van der Waals surface area contributed by atoms with Crippen molar-refractivity contribution in [2.75, 3.05) is 18.0 Å². The van der Waals surface area contributed by atoms with Crippen LogP contribution in [0.3, 0.4) is 0 Å². The monoisotopic (exact) mass is 504 g/mol. The van der Waals surface area contributed by atoms with Gasteiger partial charge < -0.3 is 14.5 Å². The number of hydrazone groups is 1. The first kappa shape index (κ1) is 28.0. The number of aryl methyl sites for hydroxylation is 2. The van der Waals surface area contributed by atoms with Gasteiger partial charge in [-0.1, -0.05) is 61.0 Å². The highest BCUT2D eigenvalue weighted by atomic mass is 16.6. The zero-order chi connectivity index (χ0) is 27.2. The molecule has 0 bridgehead atoms. The van der Waals surface area contributed by atoms with Gasteiger partial charge >= 0.3 is 6.09 Å². The van der Waals surface area contributed by atoms with Crippen LogP contribution in [0.4, 0.5) is 10.5 Å². The van der Waals surface area contributed by atoms with E-state index in [1.54, 1.807) is 4.90 Å². The van der Waals surface area contributed by atoms with Crippen molar-refractivity contribution < 1.29 is 14.3 Å². The van der Waals surface area contributed by atoms with E-state index in [9.17, 15) is 9.59 Å². The molecule has 0 unspecified atom stereocenters. The van der Waals surface area contributed by atoms with E-state index in [1.807, 2.05) is 64.6 Å². The molecule has 0 saturated heterocycles. The summed E-state index contributed by atoms with van der Waals surface area (Å²) in [6.45, 7) is 14.8. The van der Waals surface area contributed by atoms with Crippen LogP contribution in [-0.4, -0.2) is 47.5 Å². The van der Waals surface area contributed by atoms with Crippen LogP contribution in [0.5, 0.6) is 0 Å². The number of anilines is 1. The molecule has 37 heavy (non-hydrogen) atoms. The average Bonchev–Trinajstić information content (AvgIpc) is 2.86. The fraction of sp³-hybridized carbons (Fsp3) is 0.433. The van der Waals surface area contributed by atoms with Crippen molar-refractivity contribution in [3.63, 3.8) is 0 Å². The van der Waals surface area contributed by atoms with Gasteiger partial charge in [0.15, 0.2) is 0 Å². The molecule has 2 aromatic rings. The molecule has 0 spiro atoms. The van der Waals surface area contributed by atoms with Gasteiger partial charge in [-0.25, -0.2) is 10.2 Å². The standard InChI is InChI=1S/C23H32N4O3.C7H8/c1-7-20-24-25-21(28)16(3)27(20)19-14-18(9-8-15(19)2)17-10-12-26(13-11-17)22(29)30-23(4,5)6;1-7-5-3-2-4-6-7/h8-10,14,16H,7,11-13H2,1-6H3,(H,25,28);2-6H,1H3/t16-;/m1./s1. The average molecular weight is 505 g/mol. The van der Waals surface area contributed by atoms with Crippen molar-refractivity contribution in [2.24, 2.45) is 5.10 Å². The van der Waals surface area contributed by atoms with Gasteiger partial charge in [0.2, 0.25) is 0 Å². The van der Waals surface area contributed by atoms with Crippen LogP contribution in [0, 0.1) is 13.8 Å². The SMILES string of the molecule is CCC1=NNC(=O)[C@@H](C)N1c1cc(C2=CCN(C(=O)OC(C)(C)C)CC2)ccc1C.Cc1ccccc1. The Morgan fingerprint density at radius 2 is 1.84 bits per heavy atom. The van der Waals surface area contributed by atoms with Crippen LogP contribution in [0.2, 0.25) is 0 Å². The summed E-state index contributed by atoms with van der Waals surface area (Å²) in [6, 6.07) is 16.3. The second kappa shape index (κ2) is 12.1. The van der Waals surface area contributed by atoms with Crippen molar-refractivity contribution in [1.29, 1.82) is 0 Å². The normalized spacial score (nSPS) is 17.7. The Hall–Kier alpha value is -3.61. The zero-order valence-corrected chi connectivity index (χ0v) is 23.2. The number of benzene rings is 2. The summed E-state index contributed by atoms with van der Waals surface area (Å²) < 4.78 is 5.48. The lowest BCUT2D eigenvalue weighted by Crippen LogP contribution is -2.52. The molecule has 2 aliphatic heterocycles. The summed E-state index contributed by atoms with van der Waals surface area (Å²) in [5, 5.41) is 4.25. The Bertz CT molecular complexity index is 1170. The molecular weight excluding hydrogens is 464 g/mol. The minimum Gasteiger partial charge on any atom is -0.444 e. The number of amides is 2. The van der Waals surface area contributed by atoms with Gasteiger partial charge in [0.05, 0.1) is 0 Å². The van der Waals surface area contributed by atoms with E-state index in [0.29, 0.717) is 13.1 Å². The van der Waals surface area contributed by atoms with Crippen molar-refractivity contribution in [1.82, 2.24) is 10.3 Å². The van der Waals surface area contributed by atoms with Crippen LogP contribution in [-0.2, 0) is 9.53 Å². The molecule has 7 heteroatoms. The summed E-state index contributed by atoms with van der Waals surface area (Å²) in [5.74, 6) is 0.734. The summed E-state index contributed by atoms with van der Waals surface area (Å²) in [5.41, 5.74) is 7.81. The topological polar surface area (TPSA) is 74.2 Å². The molecular formula is C30H40N4O3. The minimum absolute atomic E-state index is 0.109. The van der Waals surface area contributed by atoms with Crippen LogP contribution >= 0.6 is 0 Å². The van der Waals surface area contributed by atoms with E-state index in [4.69, 9.17) is 4.74 Å². The summed E-state index contributed by atoms with van der Waals surface area (Å²) in [4.78, 5) is 28.3. The molecule has 0 radical (unpaired) electrons. The maximum Gasteiger partial charge on any atom is 0.410 e. The van der Waals surface area contributed by atoms with Crippen LogP contribution in [0.1, 0.15) is 64.2 Å². The second-order valence-corrected chi connectivity index (χ2v) is 10.5. The van der Waals surface area contributed by atoms with Crippen molar-refractivity contribution in [3.05, 3.63) is 71.3 Å². The van der Waals surface area contributed by atoms with Gasteiger partial charge in [-0.05, 0) is 70.7 Å². The summed E-state index contributed by atoms with van der Waals surface area (Å²) >= 11 is 0. The Morgan fingerprint density at radius 3 is 2.38 bits per heavy atom. The number of rotatable bonds is 3. The molecule has 0 fully saturated rings. The van der Waals surface area contributed by atoms with Gasteiger partial charge in [-0.3, -0.25) is 4.79 Å². The van der Waals surface area contributed by atoms with Gasteiger partial charge in [-0.2, -0.15) is 5.10 Å². The van der Waals surface area contributed by atoms with Gasteiger partial charge in [0.25, 0.3) is 5.91 Å². The first-order valence-corrected chi connectivity index (χ1v) is 13.0. The van der Waals surface area contributed by atoms with Gasteiger partial charge in [-0.15, -0.1) is 0 Å². The molecule has 1 atom stereocenters. The molecule has 0 aromatic heterocycles. The fourth-order valence-electron chi connectivity index (χ4n) is 4.23. The predicted molar refractivity (Wildman–Crippen MR) is 151 cm³/mol. The van der Waals surface area contributed by atoms with Crippen molar-refractivity contribution in [2.45, 2.75) is 73.0 Å². The summed E-state index contributed by atoms with van der Waals surface area (Å²) in [6.07, 6.45) is 3.29. The number of hydrogen-bond acceptors (Lipinski definition) is 5. The molecule has 198 valence electrons. The molecule has 4 rings (SSSR count). The number of ether oxygens (including phenoxy) is 1. The number of amidine groups is 1.